The number of thiazole rings is 1. The van der Waals surface area contributed by atoms with Crippen molar-refractivity contribution in [2.75, 3.05) is 0 Å². The molecule has 0 spiro atoms. The van der Waals surface area contributed by atoms with Gasteiger partial charge in [0.25, 0.3) is 0 Å². The van der Waals surface area contributed by atoms with E-state index >= 15 is 0 Å². The number of hydrogen-bond donors (Lipinski definition) is 1. The SMILES string of the molecule is O=C(Cn1c(O)c(C=C2C=Nc3ccccc32)sc1=O)c1ccc(Cl)cc1. The minimum absolute atomic E-state index is 0.224. The predicted octanol–water partition coefficient (Wildman–Crippen LogP) is 4.41. The van der Waals surface area contributed by atoms with Gasteiger partial charge in [-0.15, -0.1) is 0 Å². The van der Waals surface area contributed by atoms with Crippen LogP contribution in [0.5, 0.6) is 5.88 Å². The molecule has 1 aliphatic heterocycles. The minimum Gasteiger partial charge on any atom is -0.493 e. The van der Waals surface area contributed by atoms with E-state index in [0.29, 0.717) is 15.5 Å². The lowest BCUT2D eigenvalue weighted by Gasteiger charge is -2.04. The molecule has 5 nitrogen and oxygen atoms in total. The Hall–Kier alpha value is -2.96. The van der Waals surface area contributed by atoms with Crippen LogP contribution in [-0.2, 0) is 6.54 Å². The molecule has 0 saturated carbocycles. The van der Waals surface area contributed by atoms with E-state index in [1.165, 1.54) is 0 Å². The van der Waals surface area contributed by atoms with Crippen molar-refractivity contribution in [1.82, 2.24) is 4.57 Å². The van der Waals surface area contributed by atoms with Crippen molar-refractivity contribution in [2.45, 2.75) is 6.54 Å². The summed E-state index contributed by atoms with van der Waals surface area (Å²) in [7, 11) is 0. The number of aromatic hydroxyl groups is 1. The highest BCUT2D eigenvalue weighted by Crippen LogP contribution is 2.34. The number of fused-ring (bicyclic) bond motifs is 1. The maximum atomic E-state index is 12.4. The van der Waals surface area contributed by atoms with Gasteiger partial charge < -0.3 is 5.11 Å². The van der Waals surface area contributed by atoms with E-state index in [2.05, 4.69) is 4.99 Å². The van der Waals surface area contributed by atoms with Crippen LogP contribution >= 0.6 is 22.9 Å². The van der Waals surface area contributed by atoms with Gasteiger partial charge in [0.1, 0.15) is 0 Å². The number of hydrogen-bond acceptors (Lipinski definition) is 5. The average Bonchev–Trinajstić information content (AvgIpc) is 3.19. The average molecular weight is 397 g/mol. The van der Waals surface area contributed by atoms with E-state index in [-0.39, 0.29) is 18.2 Å². The summed E-state index contributed by atoms with van der Waals surface area (Å²) in [6, 6.07) is 14.0. The molecule has 27 heavy (non-hydrogen) atoms. The van der Waals surface area contributed by atoms with Crippen molar-refractivity contribution in [2.24, 2.45) is 4.99 Å². The molecule has 0 aliphatic carbocycles. The number of halogens is 1. The van der Waals surface area contributed by atoms with Crippen molar-refractivity contribution in [3.63, 3.8) is 0 Å². The third-order valence-corrected chi connectivity index (χ3v) is 5.37. The van der Waals surface area contributed by atoms with E-state index in [9.17, 15) is 14.7 Å². The smallest absolute Gasteiger partial charge is 0.311 e. The highest BCUT2D eigenvalue weighted by molar-refractivity contribution is 7.10. The molecule has 2 heterocycles. The van der Waals surface area contributed by atoms with Gasteiger partial charge >= 0.3 is 4.87 Å². The number of carbonyl (C=O) groups excluding carboxylic acids is 1. The third kappa shape index (κ3) is 3.37. The molecule has 7 heteroatoms. The van der Waals surface area contributed by atoms with E-state index in [1.807, 2.05) is 24.3 Å². The summed E-state index contributed by atoms with van der Waals surface area (Å²) >= 11 is 6.71. The van der Waals surface area contributed by atoms with Gasteiger partial charge in [0.05, 0.1) is 17.1 Å². The highest BCUT2D eigenvalue weighted by atomic mass is 35.5. The van der Waals surface area contributed by atoms with Crippen LogP contribution in [0.4, 0.5) is 5.69 Å². The Kier molecular flexibility index (Phi) is 4.51. The first-order valence-electron chi connectivity index (χ1n) is 8.09. The first-order chi connectivity index (χ1) is 13.0. The molecule has 1 N–H and O–H groups in total. The molecule has 1 aromatic heterocycles. The van der Waals surface area contributed by atoms with E-state index < -0.39 is 4.87 Å². The molecule has 0 radical (unpaired) electrons. The number of benzene rings is 2. The zero-order valence-electron chi connectivity index (χ0n) is 13.9. The Labute approximate surface area is 163 Å². The molecule has 0 fully saturated rings. The monoisotopic (exact) mass is 396 g/mol. The summed E-state index contributed by atoms with van der Waals surface area (Å²) in [5.74, 6) is -0.508. The van der Waals surface area contributed by atoms with E-state index in [4.69, 9.17) is 11.6 Å². The van der Waals surface area contributed by atoms with Crippen LogP contribution < -0.4 is 4.87 Å². The summed E-state index contributed by atoms with van der Waals surface area (Å²) in [6.45, 7) is -0.239. The Morgan fingerprint density at radius 3 is 2.70 bits per heavy atom. The fraction of sp³-hybridized carbons (Fsp3) is 0.0500. The summed E-state index contributed by atoms with van der Waals surface area (Å²) in [5.41, 5.74) is 3.00. The van der Waals surface area contributed by atoms with Crippen LogP contribution in [0.1, 0.15) is 20.8 Å². The third-order valence-electron chi connectivity index (χ3n) is 4.21. The van der Waals surface area contributed by atoms with E-state index in [0.717, 1.165) is 32.7 Å². The van der Waals surface area contributed by atoms with Crippen LogP contribution in [0, 0.1) is 0 Å². The normalized spacial score (nSPS) is 13.9. The van der Waals surface area contributed by atoms with Crippen molar-refractivity contribution >= 4 is 52.3 Å². The quantitative estimate of drug-likeness (QED) is 0.664. The molecule has 134 valence electrons. The lowest BCUT2D eigenvalue weighted by molar-refractivity contribution is 0.0968. The van der Waals surface area contributed by atoms with Gasteiger partial charge in [-0.2, -0.15) is 0 Å². The molecule has 3 aromatic rings. The number of aliphatic imine (C=N–C) groups is 1. The second kappa shape index (κ2) is 6.98. The molecule has 0 bridgehead atoms. The van der Waals surface area contributed by atoms with Gasteiger partial charge in [0, 0.05) is 27.9 Å². The molecular weight excluding hydrogens is 384 g/mol. The molecule has 0 saturated heterocycles. The maximum absolute atomic E-state index is 12.4. The van der Waals surface area contributed by atoms with Crippen molar-refractivity contribution < 1.29 is 9.90 Å². The Morgan fingerprint density at radius 2 is 1.93 bits per heavy atom. The fourth-order valence-corrected chi connectivity index (χ4v) is 3.78. The van der Waals surface area contributed by atoms with Gasteiger partial charge in [-0.1, -0.05) is 41.1 Å². The lowest BCUT2D eigenvalue weighted by atomic mass is 10.1. The van der Waals surface area contributed by atoms with Gasteiger partial charge in [-0.25, -0.2) is 0 Å². The number of allylic oxidation sites excluding steroid dienone is 1. The Bertz CT molecular complexity index is 1160. The first-order valence-corrected chi connectivity index (χ1v) is 9.29. The number of Topliss-reactive ketones (excluding diaryl/α,β-unsaturated/α-hetero) is 1. The van der Waals surface area contributed by atoms with Crippen LogP contribution in [0.25, 0.3) is 11.6 Å². The van der Waals surface area contributed by atoms with Gasteiger partial charge in [0.2, 0.25) is 5.88 Å². The molecule has 1 aliphatic rings. The summed E-state index contributed by atoms with van der Waals surface area (Å²) in [5, 5.41) is 11.0. The fourth-order valence-electron chi connectivity index (χ4n) is 2.81. The second-order valence-electron chi connectivity index (χ2n) is 5.95. The molecule has 0 amide bonds. The van der Waals surface area contributed by atoms with Crippen LogP contribution in [0.2, 0.25) is 5.02 Å². The number of aromatic nitrogens is 1. The number of nitrogens with zero attached hydrogens (tertiary/aromatic N) is 2. The standard InChI is InChI=1S/C20H13ClN2O3S/c21-14-7-5-12(6-8-14)17(24)11-23-19(25)18(27-20(23)26)9-13-10-22-16-4-2-1-3-15(13)16/h1-10,25H,11H2. The van der Waals surface area contributed by atoms with Crippen molar-refractivity contribution in [3.05, 3.63) is 79.2 Å². The summed E-state index contributed by atoms with van der Waals surface area (Å²) in [4.78, 5) is 29.0. The number of ketones is 1. The largest absolute Gasteiger partial charge is 0.493 e. The van der Waals surface area contributed by atoms with Crippen LogP contribution in [0.3, 0.4) is 0 Å². The maximum Gasteiger partial charge on any atom is 0.311 e. The van der Waals surface area contributed by atoms with Crippen molar-refractivity contribution in [3.8, 4) is 5.88 Å². The van der Waals surface area contributed by atoms with E-state index in [1.54, 1.807) is 36.6 Å². The molecule has 4 rings (SSSR count). The Balaban J connectivity index is 1.64. The predicted molar refractivity (Wildman–Crippen MR) is 108 cm³/mol. The summed E-state index contributed by atoms with van der Waals surface area (Å²) < 4.78 is 1.08. The van der Waals surface area contributed by atoms with Crippen LogP contribution in [-0.4, -0.2) is 21.7 Å². The van der Waals surface area contributed by atoms with Crippen molar-refractivity contribution in [1.29, 1.82) is 0 Å². The number of rotatable bonds is 4. The first kappa shape index (κ1) is 17.5. The molecule has 2 aromatic carbocycles. The summed E-state index contributed by atoms with van der Waals surface area (Å²) in [6.07, 6.45) is 3.40. The number of carbonyl (C=O) groups is 1. The minimum atomic E-state index is -0.398. The van der Waals surface area contributed by atoms with Gasteiger partial charge in [-0.3, -0.25) is 19.1 Å². The van der Waals surface area contributed by atoms with Crippen LogP contribution in [0.15, 0.2) is 58.3 Å². The molecule has 0 atom stereocenters. The molecule has 0 unspecified atom stereocenters. The lowest BCUT2D eigenvalue weighted by Crippen LogP contribution is -2.18. The highest BCUT2D eigenvalue weighted by Gasteiger charge is 2.18. The zero-order chi connectivity index (χ0) is 19.0. The zero-order valence-corrected chi connectivity index (χ0v) is 15.5. The number of para-hydroxylation sites is 1. The Morgan fingerprint density at radius 1 is 1.19 bits per heavy atom. The second-order valence-corrected chi connectivity index (χ2v) is 7.38. The molecular formula is C20H13ClN2O3S. The van der Waals surface area contributed by atoms with Gasteiger partial charge in [0.15, 0.2) is 5.78 Å². The van der Waals surface area contributed by atoms with Gasteiger partial charge in [-0.05, 0) is 36.4 Å². The topological polar surface area (TPSA) is 71.7 Å².